The summed E-state index contributed by atoms with van der Waals surface area (Å²) in [5.41, 5.74) is 3.06. The predicted molar refractivity (Wildman–Crippen MR) is 110 cm³/mol. The molecule has 1 fully saturated rings. The van der Waals surface area contributed by atoms with E-state index in [0.717, 1.165) is 17.0 Å². The van der Waals surface area contributed by atoms with Crippen LogP contribution in [0.2, 0.25) is 0 Å². The van der Waals surface area contributed by atoms with Crippen molar-refractivity contribution in [3.8, 4) is 0 Å². The molecule has 0 radical (unpaired) electrons. The summed E-state index contributed by atoms with van der Waals surface area (Å²) in [6, 6.07) is 11.4. The van der Waals surface area contributed by atoms with Gasteiger partial charge in [0.15, 0.2) is 9.84 Å². The molecule has 3 heterocycles. The van der Waals surface area contributed by atoms with Crippen molar-refractivity contribution in [3.05, 3.63) is 65.1 Å². The van der Waals surface area contributed by atoms with E-state index >= 15 is 0 Å². The maximum absolute atomic E-state index is 12.9. The van der Waals surface area contributed by atoms with Crippen molar-refractivity contribution in [2.24, 2.45) is 0 Å². The number of nitrogens with one attached hydrogen (secondary N) is 1. The van der Waals surface area contributed by atoms with Gasteiger partial charge < -0.3 is 5.32 Å². The molecule has 152 valence electrons. The first-order chi connectivity index (χ1) is 13.8. The van der Waals surface area contributed by atoms with E-state index in [4.69, 9.17) is 0 Å². The van der Waals surface area contributed by atoms with E-state index in [0.29, 0.717) is 24.3 Å². The molecule has 4 rings (SSSR count). The maximum Gasteiger partial charge on any atom is 0.260 e. The van der Waals surface area contributed by atoms with Crippen molar-refractivity contribution in [1.82, 2.24) is 19.6 Å². The van der Waals surface area contributed by atoms with Gasteiger partial charge >= 0.3 is 0 Å². The lowest BCUT2D eigenvalue weighted by molar-refractivity contribution is 0.102. The number of carbonyl (C=O) groups excluding carboxylic acids is 1. The van der Waals surface area contributed by atoms with Gasteiger partial charge in [0.05, 0.1) is 41.5 Å². The third kappa shape index (κ3) is 4.09. The Morgan fingerprint density at radius 3 is 2.69 bits per heavy atom. The zero-order chi connectivity index (χ0) is 20.6. The number of hydrogen-bond donors (Lipinski definition) is 1. The number of benzene rings is 1. The molecular formula is C20H23N5O3S. The molecular weight excluding hydrogens is 390 g/mol. The second kappa shape index (κ2) is 7.47. The molecule has 0 bridgehead atoms. The van der Waals surface area contributed by atoms with Crippen LogP contribution in [0.25, 0.3) is 0 Å². The van der Waals surface area contributed by atoms with Gasteiger partial charge in [-0.15, -0.1) is 0 Å². The van der Waals surface area contributed by atoms with Crippen LogP contribution in [-0.2, 0) is 16.4 Å². The third-order valence-electron chi connectivity index (χ3n) is 5.18. The summed E-state index contributed by atoms with van der Waals surface area (Å²) in [5.74, 6) is 0.411. The first-order valence-electron chi connectivity index (χ1n) is 9.47. The normalized spacial score (nSPS) is 18.1. The van der Waals surface area contributed by atoms with Gasteiger partial charge in [0.2, 0.25) is 0 Å². The van der Waals surface area contributed by atoms with Crippen LogP contribution in [0.5, 0.6) is 0 Å². The highest BCUT2D eigenvalue weighted by Gasteiger charge is 2.31. The fraction of sp³-hybridized carbons (Fsp3) is 0.350. The third-order valence-corrected chi connectivity index (χ3v) is 6.93. The molecule has 1 aromatic carbocycles. The molecule has 8 nitrogen and oxygen atoms in total. The maximum atomic E-state index is 12.9. The van der Waals surface area contributed by atoms with Crippen LogP contribution in [0.15, 0.2) is 42.6 Å². The highest BCUT2D eigenvalue weighted by molar-refractivity contribution is 7.91. The summed E-state index contributed by atoms with van der Waals surface area (Å²) in [5, 5.41) is 11.6. The van der Waals surface area contributed by atoms with Gasteiger partial charge in [-0.1, -0.05) is 30.3 Å². The Labute approximate surface area is 169 Å². The van der Waals surface area contributed by atoms with Crippen LogP contribution in [0.3, 0.4) is 0 Å². The summed E-state index contributed by atoms with van der Waals surface area (Å²) < 4.78 is 27.1. The van der Waals surface area contributed by atoms with E-state index in [1.807, 2.05) is 44.2 Å². The van der Waals surface area contributed by atoms with Gasteiger partial charge in [0.25, 0.3) is 5.91 Å². The molecule has 1 N–H and O–H groups in total. The van der Waals surface area contributed by atoms with Gasteiger partial charge in [-0.3, -0.25) is 9.48 Å². The number of nitrogens with zero attached hydrogens (tertiary/aromatic N) is 4. The number of sulfone groups is 1. The molecule has 1 atom stereocenters. The number of anilines is 1. The van der Waals surface area contributed by atoms with Crippen LogP contribution in [0.4, 0.5) is 5.82 Å². The second-order valence-corrected chi connectivity index (χ2v) is 9.64. The first-order valence-corrected chi connectivity index (χ1v) is 11.3. The van der Waals surface area contributed by atoms with Gasteiger partial charge in [0, 0.05) is 11.8 Å². The largest absolute Gasteiger partial charge is 0.307 e. The van der Waals surface area contributed by atoms with Gasteiger partial charge in [0.1, 0.15) is 5.82 Å². The molecule has 9 heteroatoms. The second-order valence-electron chi connectivity index (χ2n) is 7.41. The number of carbonyl (C=O) groups is 1. The van der Waals surface area contributed by atoms with Crippen LogP contribution in [0.1, 0.15) is 39.8 Å². The summed E-state index contributed by atoms with van der Waals surface area (Å²) in [7, 11) is -3.05. The molecule has 29 heavy (non-hydrogen) atoms. The van der Waals surface area contributed by atoms with Gasteiger partial charge in [-0.25, -0.2) is 13.1 Å². The number of amides is 1. The van der Waals surface area contributed by atoms with E-state index in [1.165, 1.54) is 0 Å². The van der Waals surface area contributed by atoms with Crippen molar-refractivity contribution >= 4 is 21.6 Å². The molecule has 3 aromatic rings. The van der Waals surface area contributed by atoms with E-state index in [2.05, 4.69) is 15.5 Å². The van der Waals surface area contributed by atoms with Crippen molar-refractivity contribution in [3.63, 3.8) is 0 Å². The van der Waals surface area contributed by atoms with Gasteiger partial charge in [-0.05, 0) is 25.8 Å². The summed E-state index contributed by atoms with van der Waals surface area (Å²) >= 11 is 0. The summed E-state index contributed by atoms with van der Waals surface area (Å²) in [6.07, 6.45) is 2.06. The minimum absolute atomic E-state index is 0.0467. The lowest BCUT2D eigenvalue weighted by Gasteiger charge is -2.13. The van der Waals surface area contributed by atoms with Crippen LogP contribution in [0, 0.1) is 13.8 Å². The van der Waals surface area contributed by atoms with Gasteiger partial charge in [-0.2, -0.15) is 10.2 Å². The molecule has 1 saturated heterocycles. The highest BCUT2D eigenvalue weighted by atomic mass is 32.2. The Morgan fingerprint density at radius 2 is 2.00 bits per heavy atom. The van der Waals surface area contributed by atoms with E-state index in [1.54, 1.807) is 21.6 Å². The standard InChI is InChI=1S/C20H23N5O3S/c1-14-10-19(25(23-14)17-8-9-29(27,28)13-17)22-20(26)18-11-21-24(15(18)2)12-16-6-4-3-5-7-16/h3-7,10-11,17H,8-9,12-13H2,1-2H3,(H,22,26). The average Bonchev–Trinajstić information content (AvgIpc) is 3.33. The zero-order valence-electron chi connectivity index (χ0n) is 16.4. The van der Waals surface area contributed by atoms with Crippen molar-refractivity contribution < 1.29 is 13.2 Å². The summed E-state index contributed by atoms with van der Waals surface area (Å²) in [4.78, 5) is 12.9. The van der Waals surface area contributed by atoms with E-state index in [-0.39, 0.29) is 23.5 Å². The minimum atomic E-state index is -3.05. The zero-order valence-corrected chi connectivity index (χ0v) is 17.2. The molecule has 1 aliphatic heterocycles. The lowest BCUT2D eigenvalue weighted by atomic mass is 10.2. The fourth-order valence-corrected chi connectivity index (χ4v) is 5.32. The summed E-state index contributed by atoms with van der Waals surface area (Å²) in [6.45, 7) is 4.26. The van der Waals surface area contributed by atoms with Crippen molar-refractivity contribution in [2.45, 2.75) is 32.9 Å². The van der Waals surface area contributed by atoms with Crippen LogP contribution < -0.4 is 5.32 Å². The number of aromatic nitrogens is 4. The van der Waals surface area contributed by atoms with E-state index < -0.39 is 9.84 Å². The number of hydrogen-bond acceptors (Lipinski definition) is 5. The Kier molecular flexibility index (Phi) is 4.99. The smallest absolute Gasteiger partial charge is 0.260 e. The van der Waals surface area contributed by atoms with Crippen molar-refractivity contribution in [2.75, 3.05) is 16.8 Å². The molecule has 1 amide bonds. The molecule has 0 saturated carbocycles. The Balaban J connectivity index is 1.54. The SMILES string of the molecule is Cc1cc(NC(=O)c2cnn(Cc3ccccc3)c2C)n(C2CCS(=O)(=O)C2)n1. The average molecular weight is 414 g/mol. The topological polar surface area (TPSA) is 98.9 Å². The number of rotatable bonds is 5. The molecule has 0 spiro atoms. The molecule has 1 unspecified atom stereocenters. The highest BCUT2D eigenvalue weighted by Crippen LogP contribution is 2.27. The fourth-order valence-electron chi connectivity index (χ4n) is 3.63. The monoisotopic (exact) mass is 413 g/mol. The quantitative estimate of drug-likeness (QED) is 0.692. The predicted octanol–water partition coefficient (Wildman–Crippen LogP) is 2.36. The Hall–Kier alpha value is -2.94. The van der Waals surface area contributed by atoms with Crippen molar-refractivity contribution in [1.29, 1.82) is 0 Å². The first kappa shape index (κ1) is 19.4. The minimum Gasteiger partial charge on any atom is -0.307 e. The Bertz CT molecular complexity index is 1150. The lowest BCUT2D eigenvalue weighted by Crippen LogP contribution is -2.20. The van der Waals surface area contributed by atoms with Crippen LogP contribution >= 0.6 is 0 Å². The molecule has 0 aliphatic carbocycles. The van der Waals surface area contributed by atoms with Crippen LogP contribution in [-0.4, -0.2) is 45.4 Å². The molecule has 2 aromatic heterocycles. The number of aryl methyl sites for hydroxylation is 1. The molecule has 1 aliphatic rings. The van der Waals surface area contributed by atoms with E-state index in [9.17, 15) is 13.2 Å². The Morgan fingerprint density at radius 1 is 1.24 bits per heavy atom.